The fourth-order valence-electron chi connectivity index (χ4n) is 2.18. The summed E-state index contributed by atoms with van der Waals surface area (Å²) in [6.07, 6.45) is 0. The molecule has 3 aromatic rings. The zero-order valence-corrected chi connectivity index (χ0v) is 16.4. The van der Waals surface area contributed by atoms with Crippen LogP contribution >= 0.6 is 23.1 Å². The Kier molecular flexibility index (Phi) is 6.77. The number of para-hydroxylation sites is 2. The van der Waals surface area contributed by atoms with Gasteiger partial charge in [0.1, 0.15) is 5.75 Å². The van der Waals surface area contributed by atoms with E-state index < -0.39 is 11.6 Å². The molecule has 1 aromatic heterocycles. The highest BCUT2D eigenvalue weighted by Crippen LogP contribution is 2.31. The summed E-state index contributed by atoms with van der Waals surface area (Å²) >= 11 is 2.49. The maximum Gasteiger partial charge on any atom is 0.234 e. The standard InChI is InChI=1S/C18H16F2N4O2S2/c1-2-26-15-6-4-3-5-14(15)22-17-23-24-18(28-17)27-10-16(25)21-11-7-8-12(19)13(20)9-11/h3-9H,2,10H2,1H3,(H,21,25)(H,22,23). The van der Waals surface area contributed by atoms with Gasteiger partial charge in [-0.1, -0.05) is 35.2 Å². The molecule has 0 fully saturated rings. The van der Waals surface area contributed by atoms with Gasteiger partial charge in [0.15, 0.2) is 16.0 Å². The highest BCUT2D eigenvalue weighted by Gasteiger charge is 2.11. The molecule has 0 atom stereocenters. The Morgan fingerprint density at radius 2 is 2.00 bits per heavy atom. The minimum atomic E-state index is -1.02. The molecule has 0 aliphatic rings. The third kappa shape index (κ3) is 5.40. The van der Waals surface area contributed by atoms with Crippen LogP contribution in [-0.2, 0) is 4.79 Å². The van der Waals surface area contributed by atoms with E-state index in [1.165, 1.54) is 29.2 Å². The van der Waals surface area contributed by atoms with Gasteiger partial charge in [0.05, 0.1) is 18.0 Å². The Labute approximate surface area is 168 Å². The Morgan fingerprint density at radius 3 is 2.79 bits per heavy atom. The van der Waals surface area contributed by atoms with Gasteiger partial charge in [-0.3, -0.25) is 4.79 Å². The molecule has 0 aliphatic heterocycles. The smallest absolute Gasteiger partial charge is 0.234 e. The number of carbonyl (C=O) groups excluding carboxylic acids is 1. The minimum absolute atomic E-state index is 0.0587. The molecule has 146 valence electrons. The molecule has 2 N–H and O–H groups in total. The lowest BCUT2D eigenvalue weighted by molar-refractivity contribution is -0.113. The summed E-state index contributed by atoms with van der Waals surface area (Å²) in [6, 6.07) is 10.7. The first-order chi connectivity index (χ1) is 13.5. The highest BCUT2D eigenvalue weighted by molar-refractivity contribution is 8.01. The van der Waals surface area contributed by atoms with E-state index >= 15 is 0 Å². The Morgan fingerprint density at radius 1 is 1.18 bits per heavy atom. The summed E-state index contributed by atoms with van der Waals surface area (Å²) < 4.78 is 32.2. The van der Waals surface area contributed by atoms with E-state index in [2.05, 4.69) is 20.8 Å². The van der Waals surface area contributed by atoms with Crippen molar-refractivity contribution in [2.45, 2.75) is 11.3 Å². The number of nitrogens with zero attached hydrogens (tertiary/aromatic N) is 2. The number of hydrogen-bond donors (Lipinski definition) is 2. The van der Waals surface area contributed by atoms with E-state index in [1.54, 1.807) is 0 Å². The predicted octanol–water partition coefficient (Wildman–Crippen LogP) is 4.69. The summed E-state index contributed by atoms with van der Waals surface area (Å²) in [6.45, 7) is 2.45. The van der Waals surface area contributed by atoms with Crippen LogP contribution in [-0.4, -0.2) is 28.5 Å². The Bertz CT molecular complexity index is 968. The summed E-state index contributed by atoms with van der Waals surface area (Å²) in [5.41, 5.74) is 0.963. The topological polar surface area (TPSA) is 76.1 Å². The van der Waals surface area contributed by atoms with Gasteiger partial charge in [-0.15, -0.1) is 10.2 Å². The van der Waals surface area contributed by atoms with Crippen LogP contribution in [0.5, 0.6) is 5.75 Å². The Balaban J connectivity index is 1.54. The Hall–Kier alpha value is -2.72. The first-order valence-electron chi connectivity index (χ1n) is 8.25. The maximum atomic E-state index is 13.2. The summed E-state index contributed by atoms with van der Waals surface area (Å²) in [7, 11) is 0. The van der Waals surface area contributed by atoms with Crippen LogP contribution < -0.4 is 15.4 Å². The first-order valence-corrected chi connectivity index (χ1v) is 10.1. The maximum absolute atomic E-state index is 13.2. The molecular weight excluding hydrogens is 406 g/mol. The van der Waals surface area contributed by atoms with Crippen LogP contribution in [0, 0.1) is 11.6 Å². The van der Waals surface area contributed by atoms with Crippen molar-refractivity contribution in [3.63, 3.8) is 0 Å². The van der Waals surface area contributed by atoms with Crippen molar-refractivity contribution in [2.75, 3.05) is 23.0 Å². The number of anilines is 3. The molecular formula is C18H16F2N4O2S2. The fourth-order valence-corrected chi connectivity index (χ4v) is 3.75. The molecule has 0 aliphatic carbocycles. The van der Waals surface area contributed by atoms with Crippen LogP contribution in [0.3, 0.4) is 0 Å². The van der Waals surface area contributed by atoms with Gasteiger partial charge in [0, 0.05) is 11.8 Å². The first kappa shape index (κ1) is 20.0. The molecule has 0 spiro atoms. The number of ether oxygens (including phenoxy) is 1. The summed E-state index contributed by atoms with van der Waals surface area (Å²) in [5.74, 6) is -1.57. The van der Waals surface area contributed by atoms with Crippen molar-refractivity contribution in [1.29, 1.82) is 0 Å². The van der Waals surface area contributed by atoms with Crippen molar-refractivity contribution in [3.05, 3.63) is 54.1 Å². The van der Waals surface area contributed by atoms with Crippen LogP contribution in [0.15, 0.2) is 46.8 Å². The van der Waals surface area contributed by atoms with Crippen LogP contribution in [0.25, 0.3) is 0 Å². The van der Waals surface area contributed by atoms with Crippen molar-refractivity contribution in [3.8, 4) is 5.75 Å². The van der Waals surface area contributed by atoms with Gasteiger partial charge < -0.3 is 15.4 Å². The van der Waals surface area contributed by atoms with E-state index in [4.69, 9.17) is 4.74 Å². The molecule has 1 amide bonds. The molecule has 3 rings (SSSR count). The largest absolute Gasteiger partial charge is 0.492 e. The van der Waals surface area contributed by atoms with E-state index in [9.17, 15) is 13.6 Å². The third-order valence-electron chi connectivity index (χ3n) is 3.37. The molecule has 28 heavy (non-hydrogen) atoms. The van der Waals surface area contributed by atoms with Crippen molar-refractivity contribution < 1.29 is 18.3 Å². The van der Waals surface area contributed by atoms with Gasteiger partial charge >= 0.3 is 0 Å². The normalized spacial score (nSPS) is 10.5. The molecule has 6 nitrogen and oxygen atoms in total. The fraction of sp³-hybridized carbons (Fsp3) is 0.167. The molecule has 0 saturated heterocycles. The lowest BCUT2D eigenvalue weighted by Crippen LogP contribution is -2.14. The van der Waals surface area contributed by atoms with Crippen LogP contribution in [0.1, 0.15) is 6.92 Å². The van der Waals surface area contributed by atoms with Gasteiger partial charge in [0.25, 0.3) is 0 Å². The second kappa shape index (κ2) is 9.47. The lowest BCUT2D eigenvalue weighted by Gasteiger charge is -2.09. The van der Waals surface area contributed by atoms with Gasteiger partial charge in [0.2, 0.25) is 11.0 Å². The zero-order chi connectivity index (χ0) is 19.9. The van der Waals surface area contributed by atoms with E-state index in [0.717, 1.165) is 17.8 Å². The van der Waals surface area contributed by atoms with Gasteiger partial charge in [-0.2, -0.15) is 0 Å². The van der Waals surface area contributed by atoms with E-state index in [-0.39, 0.29) is 17.3 Å². The highest BCUT2D eigenvalue weighted by atomic mass is 32.2. The number of benzene rings is 2. The van der Waals surface area contributed by atoms with Crippen molar-refractivity contribution in [1.82, 2.24) is 10.2 Å². The van der Waals surface area contributed by atoms with Gasteiger partial charge in [-0.25, -0.2) is 8.78 Å². The number of halogens is 2. The van der Waals surface area contributed by atoms with Crippen molar-refractivity contribution in [2.24, 2.45) is 0 Å². The molecule has 0 unspecified atom stereocenters. The number of thioether (sulfide) groups is 1. The van der Waals surface area contributed by atoms with Crippen LogP contribution in [0.4, 0.5) is 25.3 Å². The number of hydrogen-bond acceptors (Lipinski definition) is 7. The molecule has 0 saturated carbocycles. The number of amides is 1. The second-order valence-electron chi connectivity index (χ2n) is 5.39. The summed E-state index contributed by atoms with van der Waals surface area (Å²) in [5, 5.41) is 14.3. The lowest BCUT2D eigenvalue weighted by atomic mass is 10.3. The molecule has 0 radical (unpaired) electrons. The second-order valence-corrected chi connectivity index (χ2v) is 7.59. The molecule has 10 heteroatoms. The molecule has 0 bridgehead atoms. The van der Waals surface area contributed by atoms with E-state index in [1.807, 2.05) is 31.2 Å². The zero-order valence-electron chi connectivity index (χ0n) is 14.7. The minimum Gasteiger partial charge on any atom is -0.492 e. The monoisotopic (exact) mass is 422 g/mol. The average Bonchev–Trinajstić information content (AvgIpc) is 3.12. The molecule has 1 heterocycles. The number of rotatable bonds is 8. The average molecular weight is 422 g/mol. The number of nitrogens with one attached hydrogen (secondary N) is 2. The number of aromatic nitrogens is 2. The third-order valence-corrected chi connectivity index (χ3v) is 5.34. The van der Waals surface area contributed by atoms with Gasteiger partial charge in [-0.05, 0) is 31.2 Å². The summed E-state index contributed by atoms with van der Waals surface area (Å²) in [4.78, 5) is 12.0. The van der Waals surface area contributed by atoms with Crippen molar-refractivity contribution >= 4 is 45.5 Å². The molecule has 2 aromatic carbocycles. The number of carbonyl (C=O) groups is 1. The quantitative estimate of drug-likeness (QED) is 0.513. The SMILES string of the molecule is CCOc1ccccc1Nc1nnc(SCC(=O)Nc2ccc(F)c(F)c2)s1. The van der Waals surface area contributed by atoms with E-state index in [0.29, 0.717) is 21.8 Å². The van der Waals surface area contributed by atoms with Crippen LogP contribution in [0.2, 0.25) is 0 Å². The predicted molar refractivity (Wildman–Crippen MR) is 107 cm³/mol.